The lowest BCUT2D eigenvalue weighted by atomic mass is 10.1. The molecular weight excluding hydrogens is 649 g/mol. The predicted molar refractivity (Wildman–Crippen MR) is 201 cm³/mol. The minimum absolute atomic E-state index is 0.360. The molecule has 0 saturated heterocycles. The van der Waals surface area contributed by atoms with Gasteiger partial charge in [-0.3, -0.25) is 0 Å². The molecule has 7 heteroatoms. The molecule has 230 valence electrons. The topological polar surface area (TPSA) is 40.6 Å². The van der Waals surface area contributed by atoms with E-state index < -0.39 is 15.2 Å². The van der Waals surface area contributed by atoms with E-state index in [1.54, 1.807) is 29.2 Å². The van der Waals surface area contributed by atoms with E-state index in [1.807, 2.05) is 29.2 Å². The monoisotopic (exact) mass is 674 g/mol. The Bertz CT molecular complexity index is 2720. The van der Waals surface area contributed by atoms with E-state index in [-0.39, 0.29) is 0 Å². The molecule has 10 rings (SSSR count). The lowest BCUT2D eigenvalue weighted by Crippen LogP contribution is -2.24. The molecule has 1 aromatic heterocycles. The van der Waals surface area contributed by atoms with Crippen molar-refractivity contribution in [1.29, 1.82) is 0 Å². The zero-order valence-electron chi connectivity index (χ0n) is 25.4. The van der Waals surface area contributed by atoms with Gasteiger partial charge in [-0.25, -0.2) is 8.42 Å². The molecule has 0 bridgehead atoms. The highest BCUT2D eigenvalue weighted by Crippen LogP contribution is 2.55. The Morgan fingerprint density at radius 1 is 0.521 bits per heavy atom. The number of sulfone groups is 1. The second-order valence-corrected chi connectivity index (χ2v) is 16.3. The van der Waals surface area contributed by atoms with Crippen molar-refractivity contribution in [3.63, 3.8) is 0 Å². The van der Waals surface area contributed by atoms with Crippen LogP contribution < -0.4 is 9.80 Å². The number of benzene rings is 7. The molecule has 2 aliphatic rings. The van der Waals surface area contributed by atoms with Crippen molar-refractivity contribution < 1.29 is 8.42 Å². The number of hydrogen-bond acceptors (Lipinski definition) is 6. The Kier molecular flexibility index (Phi) is 6.10. The third-order valence-corrected chi connectivity index (χ3v) is 13.7. The molecule has 7 aromatic carbocycles. The van der Waals surface area contributed by atoms with Crippen molar-refractivity contribution >= 4 is 92.3 Å². The maximum absolute atomic E-state index is 14.5. The summed E-state index contributed by atoms with van der Waals surface area (Å²) in [5.41, 5.74) is 5.51. The van der Waals surface area contributed by atoms with E-state index in [1.165, 1.54) is 25.6 Å². The summed E-state index contributed by atoms with van der Waals surface area (Å²) in [4.78, 5) is 6.81. The molecule has 1 atom stereocenters. The fourth-order valence-electron chi connectivity index (χ4n) is 7.27. The Morgan fingerprint density at radius 3 is 2.15 bits per heavy atom. The van der Waals surface area contributed by atoms with Crippen LogP contribution in [-0.4, -0.2) is 8.42 Å². The highest BCUT2D eigenvalue weighted by molar-refractivity contribution is 7.99. The van der Waals surface area contributed by atoms with Gasteiger partial charge in [0.1, 0.15) is 0 Å². The summed E-state index contributed by atoms with van der Waals surface area (Å²) in [6.07, 6.45) is 0. The molecule has 4 nitrogen and oxygen atoms in total. The van der Waals surface area contributed by atoms with Gasteiger partial charge < -0.3 is 9.80 Å². The fourth-order valence-corrected chi connectivity index (χ4v) is 11.4. The maximum atomic E-state index is 14.5. The van der Waals surface area contributed by atoms with Crippen LogP contribution in [0.4, 0.5) is 28.4 Å². The first-order chi connectivity index (χ1) is 23.5. The van der Waals surface area contributed by atoms with E-state index in [9.17, 15) is 8.42 Å². The highest BCUT2D eigenvalue weighted by Gasteiger charge is 2.45. The first kappa shape index (κ1) is 28.0. The molecule has 3 heterocycles. The fraction of sp³-hybridized carbons (Fsp3) is 0.0244. The molecule has 0 fully saturated rings. The Hall–Kier alpha value is -5.08. The van der Waals surface area contributed by atoms with Gasteiger partial charge >= 0.3 is 0 Å². The summed E-state index contributed by atoms with van der Waals surface area (Å²) in [6.45, 7) is 0. The summed E-state index contributed by atoms with van der Waals surface area (Å²) in [7, 11) is -3.75. The first-order valence-electron chi connectivity index (χ1n) is 15.8. The van der Waals surface area contributed by atoms with Gasteiger partial charge in [0.05, 0.1) is 22.0 Å². The van der Waals surface area contributed by atoms with Crippen LogP contribution >= 0.6 is 23.1 Å². The molecule has 0 spiro atoms. The van der Waals surface area contributed by atoms with E-state index in [4.69, 9.17) is 0 Å². The molecule has 0 aliphatic carbocycles. The standard InChI is InChI=1S/C41H26N2O2S3/c44-48(45)40-16-8-5-13-35(40)43(30-20-22-37-32(25-30)31-11-3-6-14-36(31)46-37)41(48)28-18-21-34-39(24-28)47-38-15-7-4-12-33(38)42(34)29-19-17-26-9-1-2-10-27(26)23-29/h1-25,41H. The predicted octanol–water partition coefficient (Wildman–Crippen LogP) is 11.8. The molecule has 8 aromatic rings. The van der Waals surface area contributed by atoms with Gasteiger partial charge in [-0.15, -0.1) is 11.3 Å². The molecule has 0 amide bonds. The zero-order chi connectivity index (χ0) is 32.0. The van der Waals surface area contributed by atoms with Gasteiger partial charge in [0, 0.05) is 41.3 Å². The number of rotatable bonds is 3. The van der Waals surface area contributed by atoms with Crippen molar-refractivity contribution in [1.82, 2.24) is 0 Å². The normalized spacial score (nSPS) is 16.3. The number of anilines is 5. The number of thiophene rings is 1. The van der Waals surface area contributed by atoms with Gasteiger partial charge in [0.2, 0.25) is 9.84 Å². The lowest BCUT2D eigenvalue weighted by molar-refractivity contribution is 0.589. The lowest BCUT2D eigenvalue weighted by Gasteiger charge is -2.34. The van der Waals surface area contributed by atoms with Crippen LogP contribution in [0.15, 0.2) is 166 Å². The summed E-state index contributed by atoms with van der Waals surface area (Å²) >= 11 is 3.45. The van der Waals surface area contributed by atoms with Crippen LogP contribution in [-0.2, 0) is 9.84 Å². The average molecular weight is 675 g/mol. The van der Waals surface area contributed by atoms with Crippen LogP contribution in [0, 0.1) is 0 Å². The van der Waals surface area contributed by atoms with Crippen molar-refractivity contribution in [2.75, 3.05) is 9.80 Å². The molecule has 48 heavy (non-hydrogen) atoms. The van der Waals surface area contributed by atoms with Gasteiger partial charge in [0.25, 0.3) is 0 Å². The van der Waals surface area contributed by atoms with Crippen molar-refractivity contribution in [3.8, 4) is 0 Å². The smallest absolute Gasteiger partial charge is 0.206 e. The van der Waals surface area contributed by atoms with Crippen LogP contribution in [0.1, 0.15) is 10.9 Å². The highest BCUT2D eigenvalue weighted by atomic mass is 32.2. The SMILES string of the molecule is O=S1(=O)c2ccccc2N(c2ccc3sc4ccccc4c3c2)C1c1ccc2c(c1)Sc1ccccc1N2c1ccc2ccccc2c1. The second kappa shape index (κ2) is 10.5. The quantitative estimate of drug-likeness (QED) is 0.187. The maximum Gasteiger partial charge on any atom is 0.206 e. The number of nitrogens with zero attached hydrogens (tertiary/aromatic N) is 2. The summed E-state index contributed by atoms with van der Waals surface area (Å²) in [5.74, 6) is 0. The van der Waals surface area contributed by atoms with Crippen molar-refractivity contribution in [2.24, 2.45) is 0 Å². The number of hydrogen-bond donors (Lipinski definition) is 0. The number of para-hydroxylation sites is 2. The summed E-state index contributed by atoms with van der Waals surface area (Å²) in [5, 5.41) is 3.77. The van der Waals surface area contributed by atoms with Crippen molar-refractivity contribution in [3.05, 3.63) is 157 Å². The molecule has 0 N–H and O–H groups in total. The van der Waals surface area contributed by atoms with Gasteiger partial charge in [-0.05, 0) is 89.1 Å². The molecule has 0 saturated carbocycles. The summed E-state index contributed by atoms with van der Waals surface area (Å²) in [6, 6.07) is 51.7. The minimum Gasteiger partial charge on any atom is -0.319 e. The Balaban J connectivity index is 1.15. The van der Waals surface area contributed by atoms with E-state index in [0.717, 1.165) is 43.5 Å². The zero-order valence-corrected chi connectivity index (χ0v) is 27.9. The average Bonchev–Trinajstić information content (AvgIpc) is 3.61. The van der Waals surface area contributed by atoms with Crippen LogP contribution in [0.3, 0.4) is 0 Å². The van der Waals surface area contributed by atoms with Gasteiger partial charge in [-0.2, -0.15) is 0 Å². The largest absolute Gasteiger partial charge is 0.319 e. The first-order valence-corrected chi connectivity index (χ1v) is 19.0. The van der Waals surface area contributed by atoms with Crippen LogP contribution in [0.5, 0.6) is 0 Å². The minimum atomic E-state index is -3.75. The molecule has 0 radical (unpaired) electrons. The van der Waals surface area contributed by atoms with Gasteiger partial charge in [-0.1, -0.05) is 90.6 Å². The van der Waals surface area contributed by atoms with E-state index in [2.05, 4.69) is 126 Å². The molecular formula is C41H26N2O2S3. The van der Waals surface area contributed by atoms with E-state index >= 15 is 0 Å². The van der Waals surface area contributed by atoms with E-state index in [0.29, 0.717) is 10.6 Å². The molecule has 1 unspecified atom stereocenters. The third-order valence-electron chi connectivity index (χ3n) is 9.43. The molecule has 2 aliphatic heterocycles. The Labute approximate surface area is 286 Å². The number of fused-ring (bicyclic) bond motifs is 7. The summed E-state index contributed by atoms with van der Waals surface area (Å²) < 4.78 is 31.4. The Morgan fingerprint density at radius 2 is 1.23 bits per heavy atom. The van der Waals surface area contributed by atoms with Crippen LogP contribution in [0.2, 0.25) is 0 Å². The third kappa shape index (κ3) is 4.11. The van der Waals surface area contributed by atoms with Crippen molar-refractivity contribution in [2.45, 2.75) is 20.1 Å². The van der Waals surface area contributed by atoms with Gasteiger partial charge in [0.15, 0.2) is 5.37 Å². The van der Waals surface area contributed by atoms with Crippen LogP contribution in [0.25, 0.3) is 30.9 Å². The second-order valence-electron chi connectivity index (χ2n) is 12.2.